The van der Waals surface area contributed by atoms with Gasteiger partial charge in [0, 0.05) is 24.1 Å². The fraction of sp³-hybridized carbons (Fsp3) is 0.200. The van der Waals surface area contributed by atoms with Gasteiger partial charge in [0.05, 0.1) is 23.4 Å². The molecule has 1 aromatic heterocycles. The van der Waals surface area contributed by atoms with E-state index in [4.69, 9.17) is 4.74 Å². The number of halogens is 1. The van der Waals surface area contributed by atoms with E-state index >= 15 is 0 Å². The molecule has 0 spiro atoms. The van der Waals surface area contributed by atoms with Crippen LogP contribution in [0.15, 0.2) is 54.6 Å². The Balaban J connectivity index is 2.06. The lowest BCUT2D eigenvalue weighted by atomic mass is 10.0. The van der Waals surface area contributed by atoms with Gasteiger partial charge in [-0.15, -0.1) is 0 Å². The highest BCUT2D eigenvalue weighted by Crippen LogP contribution is 2.25. The maximum Gasteiger partial charge on any atom is 0.252 e. The van der Waals surface area contributed by atoms with Crippen molar-refractivity contribution < 1.29 is 13.9 Å². The number of para-hydroxylation sites is 1. The van der Waals surface area contributed by atoms with E-state index < -0.39 is 0 Å². The summed E-state index contributed by atoms with van der Waals surface area (Å²) in [7, 11) is 1.59. The first-order valence-corrected chi connectivity index (χ1v) is 8.04. The van der Waals surface area contributed by atoms with Crippen LogP contribution in [0.5, 0.6) is 0 Å². The molecule has 1 N–H and O–H groups in total. The van der Waals surface area contributed by atoms with Crippen LogP contribution in [0.25, 0.3) is 22.2 Å². The molecule has 0 aliphatic heterocycles. The Morgan fingerprint density at radius 3 is 2.64 bits per heavy atom. The van der Waals surface area contributed by atoms with Crippen molar-refractivity contribution >= 4 is 16.8 Å². The number of rotatable bonds is 5. The molecule has 3 aromatic rings. The summed E-state index contributed by atoms with van der Waals surface area (Å²) in [6, 6.07) is 15.2. The number of nitrogens with one attached hydrogen (secondary N) is 1. The zero-order valence-electron chi connectivity index (χ0n) is 14.1. The fourth-order valence-corrected chi connectivity index (χ4v) is 2.73. The van der Waals surface area contributed by atoms with E-state index in [0.29, 0.717) is 23.4 Å². The van der Waals surface area contributed by atoms with Crippen LogP contribution in [0.1, 0.15) is 17.3 Å². The molecule has 0 saturated heterocycles. The lowest BCUT2D eigenvalue weighted by Crippen LogP contribution is -2.35. The molecule has 2 aromatic carbocycles. The maximum absolute atomic E-state index is 13.2. The van der Waals surface area contributed by atoms with Gasteiger partial charge in [-0.3, -0.25) is 4.79 Å². The Kier molecular flexibility index (Phi) is 5.05. The summed E-state index contributed by atoms with van der Waals surface area (Å²) in [4.78, 5) is 17.3. The van der Waals surface area contributed by atoms with Crippen molar-refractivity contribution in [3.05, 3.63) is 66.0 Å². The van der Waals surface area contributed by atoms with E-state index in [1.807, 2.05) is 31.2 Å². The van der Waals surface area contributed by atoms with Crippen LogP contribution < -0.4 is 5.32 Å². The molecule has 5 heteroatoms. The molecule has 1 heterocycles. The molecule has 1 unspecified atom stereocenters. The second-order valence-electron chi connectivity index (χ2n) is 5.91. The van der Waals surface area contributed by atoms with Gasteiger partial charge in [0.25, 0.3) is 5.91 Å². The molecule has 128 valence electrons. The normalized spacial score (nSPS) is 12.1. The number of hydrogen-bond acceptors (Lipinski definition) is 3. The summed E-state index contributed by atoms with van der Waals surface area (Å²) in [5, 5.41) is 3.70. The number of methoxy groups -OCH3 is 1. The first-order chi connectivity index (χ1) is 12.1. The fourth-order valence-electron chi connectivity index (χ4n) is 2.73. The number of carbonyl (C=O) groups excluding carboxylic acids is 1. The maximum atomic E-state index is 13.2. The Hall–Kier alpha value is -2.79. The van der Waals surface area contributed by atoms with E-state index in [0.717, 1.165) is 10.9 Å². The molecular weight excluding hydrogens is 319 g/mol. The van der Waals surface area contributed by atoms with Gasteiger partial charge in [-0.05, 0) is 43.3 Å². The van der Waals surface area contributed by atoms with Crippen LogP contribution in [0.4, 0.5) is 4.39 Å². The lowest BCUT2D eigenvalue weighted by molar-refractivity contribution is 0.0907. The highest BCUT2D eigenvalue weighted by atomic mass is 19.1. The molecule has 4 nitrogen and oxygen atoms in total. The Morgan fingerprint density at radius 1 is 1.20 bits per heavy atom. The van der Waals surface area contributed by atoms with Gasteiger partial charge in [0.15, 0.2) is 0 Å². The summed E-state index contributed by atoms with van der Waals surface area (Å²) < 4.78 is 18.3. The predicted octanol–water partition coefficient (Wildman–Crippen LogP) is 3.81. The average molecular weight is 338 g/mol. The van der Waals surface area contributed by atoms with Crippen molar-refractivity contribution in [3.8, 4) is 11.3 Å². The monoisotopic (exact) mass is 338 g/mol. The first kappa shape index (κ1) is 17.0. The van der Waals surface area contributed by atoms with E-state index in [1.165, 1.54) is 12.1 Å². The third-order valence-electron chi connectivity index (χ3n) is 3.89. The second-order valence-corrected chi connectivity index (χ2v) is 5.91. The highest BCUT2D eigenvalue weighted by Gasteiger charge is 2.15. The number of benzene rings is 2. The Bertz CT molecular complexity index is 894. The topological polar surface area (TPSA) is 51.2 Å². The Labute approximate surface area is 145 Å². The average Bonchev–Trinajstić information content (AvgIpc) is 2.61. The summed E-state index contributed by atoms with van der Waals surface area (Å²) in [5.74, 6) is -0.498. The van der Waals surface area contributed by atoms with Crippen LogP contribution in [0, 0.1) is 5.82 Å². The number of fused-ring (bicyclic) bond motifs is 1. The predicted molar refractivity (Wildman–Crippen MR) is 95.9 cm³/mol. The minimum Gasteiger partial charge on any atom is -0.383 e. The van der Waals surface area contributed by atoms with Gasteiger partial charge in [-0.1, -0.05) is 18.2 Å². The van der Waals surface area contributed by atoms with Crippen molar-refractivity contribution in [2.75, 3.05) is 13.7 Å². The molecule has 0 saturated carbocycles. The molecule has 3 rings (SSSR count). The number of pyridine rings is 1. The van der Waals surface area contributed by atoms with Crippen LogP contribution in [0.2, 0.25) is 0 Å². The van der Waals surface area contributed by atoms with Gasteiger partial charge in [-0.25, -0.2) is 9.37 Å². The summed E-state index contributed by atoms with van der Waals surface area (Å²) in [6.07, 6.45) is 0. The van der Waals surface area contributed by atoms with Crippen molar-refractivity contribution in [2.45, 2.75) is 13.0 Å². The smallest absolute Gasteiger partial charge is 0.252 e. The lowest BCUT2D eigenvalue weighted by Gasteiger charge is -2.15. The van der Waals surface area contributed by atoms with Crippen molar-refractivity contribution in [3.63, 3.8) is 0 Å². The van der Waals surface area contributed by atoms with E-state index in [-0.39, 0.29) is 17.8 Å². The summed E-state index contributed by atoms with van der Waals surface area (Å²) >= 11 is 0. The van der Waals surface area contributed by atoms with Crippen molar-refractivity contribution in [1.29, 1.82) is 0 Å². The Morgan fingerprint density at radius 2 is 1.92 bits per heavy atom. The van der Waals surface area contributed by atoms with Crippen molar-refractivity contribution in [2.24, 2.45) is 0 Å². The molecule has 0 bridgehead atoms. The zero-order chi connectivity index (χ0) is 17.8. The summed E-state index contributed by atoms with van der Waals surface area (Å²) in [5.41, 5.74) is 2.64. The van der Waals surface area contributed by atoms with Crippen molar-refractivity contribution in [1.82, 2.24) is 10.3 Å². The molecule has 0 aliphatic carbocycles. The van der Waals surface area contributed by atoms with Gasteiger partial charge >= 0.3 is 0 Å². The zero-order valence-corrected chi connectivity index (χ0v) is 14.1. The van der Waals surface area contributed by atoms with Gasteiger partial charge in [-0.2, -0.15) is 0 Å². The van der Waals surface area contributed by atoms with Gasteiger partial charge in [0.2, 0.25) is 0 Å². The number of nitrogens with zero attached hydrogens (tertiary/aromatic N) is 1. The minimum atomic E-state index is -0.309. The number of aromatic nitrogens is 1. The van der Waals surface area contributed by atoms with Gasteiger partial charge in [0.1, 0.15) is 5.82 Å². The third-order valence-corrected chi connectivity index (χ3v) is 3.89. The van der Waals surface area contributed by atoms with Crippen LogP contribution >= 0.6 is 0 Å². The molecule has 25 heavy (non-hydrogen) atoms. The number of amides is 1. The largest absolute Gasteiger partial charge is 0.383 e. The molecular formula is C20H19FN2O2. The second kappa shape index (κ2) is 7.40. The SMILES string of the molecule is COCC(C)NC(=O)c1cc(-c2ccc(F)cc2)nc2ccccc12. The van der Waals surface area contributed by atoms with E-state index in [1.54, 1.807) is 25.3 Å². The molecule has 0 radical (unpaired) electrons. The van der Waals surface area contributed by atoms with Gasteiger partial charge < -0.3 is 10.1 Å². The highest BCUT2D eigenvalue weighted by molar-refractivity contribution is 6.07. The minimum absolute atomic E-state index is 0.112. The van der Waals surface area contributed by atoms with Crippen LogP contribution in [0.3, 0.4) is 0 Å². The number of ether oxygens (including phenoxy) is 1. The molecule has 0 fully saturated rings. The van der Waals surface area contributed by atoms with E-state index in [2.05, 4.69) is 10.3 Å². The standard InChI is InChI=1S/C20H19FN2O2/c1-13(12-25-2)22-20(24)17-11-19(14-7-9-15(21)10-8-14)23-18-6-4-3-5-16(17)18/h3-11,13H,12H2,1-2H3,(H,22,24). The molecule has 1 atom stereocenters. The van der Waals surface area contributed by atoms with E-state index in [9.17, 15) is 9.18 Å². The summed E-state index contributed by atoms with van der Waals surface area (Å²) in [6.45, 7) is 2.31. The van der Waals surface area contributed by atoms with Crippen LogP contribution in [-0.2, 0) is 4.74 Å². The molecule has 0 aliphatic rings. The number of carbonyl (C=O) groups is 1. The quantitative estimate of drug-likeness (QED) is 0.770. The number of hydrogen-bond donors (Lipinski definition) is 1. The van der Waals surface area contributed by atoms with Crippen LogP contribution in [-0.4, -0.2) is 30.6 Å². The molecule has 1 amide bonds. The first-order valence-electron chi connectivity index (χ1n) is 8.04. The third kappa shape index (κ3) is 3.83.